The van der Waals surface area contributed by atoms with E-state index in [1.54, 1.807) is 6.20 Å². The molecule has 0 aliphatic rings. The Labute approximate surface area is 88.9 Å². The van der Waals surface area contributed by atoms with Crippen LogP contribution in [0.15, 0.2) is 18.5 Å². The fourth-order valence-electron chi connectivity index (χ4n) is 1.67. The third kappa shape index (κ3) is 2.15. The van der Waals surface area contributed by atoms with Gasteiger partial charge in [0.1, 0.15) is 5.82 Å². The van der Waals surface area contributed by atoms with Gasteiger partial charge >= 0.3 is 0 Å². The van der Waals surface area contributed by atoms with Gasteiger partial charge in [0.15, 0.2) is 0 Å². The number of pyridine rings is 1. The molecule has 3 N–H and O–H groups in total. The Morgan fingerprint density at radius 1 is 1.53 bits per heavy atom. The van der Waals surface area contributed by atoms with E-state index in [1.807, 2.05) is 12.3 Å². The Kier molecular flexibility index (Phi) is 2.97. The highest BCUT2D eigenvalue weighted by molar-refractivity contribution is 5.73. The van der Waals surface area contributed by atoms with Crippen molar-refractivity contribution in [1.29, 1.82) is 0 Å². The molecule has 0 radical (unpaired) electrons. The lowest BCUT2D eigenvalue weighted by atomic mass is 10.1. The van der Waals surface area contributed by atoms with Gasteiger partial charge in [-0.2, -0.15) is 0 Å². The first kappa shape index (κ1) is 10.1. The van der Waals surface area contributed by atoms with E-state index in [-0.39, 0.29) is 0 Å². The zero-order valence-corrected chi connectivity index (χ0v) is 8.90. The molecule has 2 heterocycles. The summed E-state index contributed by atoms with van der Waals surface area (Å²) in [5.74, 6) is 1.47. The molecule has 80 valence electrons. The molecule has 2 aromatic rings. The van der Waals surface area contributed by atoms with Crippen molar-refractivity contribution in [2.24, 2.45) is 5.73 Å². The molecule has 4 heteroatoms. The van der Waals surface area contributed by atoms with Gasteiger partial charge in [-0.1, -0.05) is 6.92 Å². The van der Waals surface area contributed by atoms with E-state index in [0.29, 0.717) is 5.92 Å². The van der Waals surface area contributed by atoms with Crippen molar-refractivity contribution < 1.29 is 0 Å². The smallest absolute Gasteiger partial charge is 0.110 e. The highest BCUT2D eigenvalue weighted by Gasteiger charge is 2.09. The van der Waals surface area contributed by atoms with Crippen LogP contribution in [0.2, 0.25) is 0 Å². The summed E-state index contributed by atoms with van der Waals surface area (Å²) in [7, 11) is 0. The second kappa shape index (κ2) is 4.40. The number of imidazole rings is 1. The fraction of sp³-hybridized carbons (Fsp3) is 0.455. The Hall–Kier alpha value is -1.42. The molecule has 2 rings (SSSR count). The lowest BCUT2D eigenvalue weighted by Gasteiger charge is -2.05. The predicted octanol–water partition coefficient (Wildman–Crippen LogP) is 1.80. The van der Waals surface area contributed by atoms with Crippen LogP contribution in [-0.2, 0) is 0 Å². The minimum Gasteiger partial charge on any atom is -0.340 e. The summed E-state index contributed by atoms with van der Waals surface area (Å²) in [4.78, 5) is 11.9. The minimum atomic E-state index is 0.431. The number of nitrogens with two attached hydrogens (primary N) is 1. The lowest BCUT2D eigenvalue weighted by molar-refractivity contribution is 0.616. The number of aromatic amines is 1. The largest absolute Gasteiger partial charge is 0.340 e. The van der Waals surface area contributed by atoms with Crippen LogP contribution >= 0.6 is 0 Å². The zero-order chi connectivity index (χ0) is 10.7. The Morgan fingerprint density at radius 3 is 3.13 bits per heavy atom. The zero-order valence-electron chi connectivity index (χ0n) is 8.90. The standard InChI is InChI=1S/C11H16N4/c1-8(3-2-5-12)11-14-9-4-6-13-7-10(9)15-11/h4,6-8H,2-3,5,12H2,1H3,(H,14,15). The first-order valence-corrected chi connectivity index (χ1v) is 5.31. The van der Waals surface area contributed by atoms with Gasteiger partial charge in [-0.15, -0.1) is 0 Å². The van der Waals surface area contributed by atoms with Crippen molar-refractivity contribution >= 4 is 11.0 Å². The van der Waals surface area contributed by atoms with E-state index in [1.165, 1.54) is 0 Å². The maximum Gasteiger partial charge on any atom is 0.110 e. The van der Waals surface area contributed by atoms with Crippen molar-refractivity contribution in [2.45, 2.75) is 25.7 Å². The maximum absolute atomic E-state index is 5.49. The molecular formula is C11H16N4. The van der Waals surface area contributed by atoms with Gasteiger partial charge in [-0.25, -0.2) is 4.98 Å². The van der Waals surface area contributed by atoms with Crippen LogP contribution in [0.4, 0.5) is 0 Å². The molecule has 2 aromatic heterocycles. The van der Waals surface area contributed by atoms with E-state index in [2.05, 4.69) is 21.9 Å². The van der Waals surface area contributed by atoms with E-state index in [9.17, 15) is 0 Å². The summed E-state index contributed by atoms with van der Waals surface area (Å²) in [5.41, 5.74) is 7.48. The topological polar surface area (TPSA) is 67.6 Å². The third-order valence-corrected chi connectivity index (χ3v) is 2.61. The number of hydrogen-bond donors (Lipinski definition) is 2. The number of nitrogens with one attached hydrogen (secondary N) is 1. The second-order valence-electron chi connectivity index (χ2n) is 3.85. The monoisotopic (exact) mass is 204 g/mol. The summed E-state index contributed by atoms with van der Waals surface area (Å²) >= 11 is 0. The minimum absolute atomic E-state index is 0.431. The van der Waals surface area contributed by atoms with Gasteiger partial charge in [0.2, 0.25) is 0 Å². The van der Waals surface area contributed by atoms with Gasteiger partial charge < -0.3 is 10.7 Å². The quantitative estimate of drug-likeness (QED) is 0.798. The number of aromatic nitrogens is 3. The van der Waals surface area contributed by atoms with E-state index in [4.69, 9.17) is 5.73 Å². The summed E-state index contributed by atoms with van der Waals surface area (Å²) < 4.78 is 0. The van der Waals surface area contributed by atoms with Gasteiger partial charge in [0.25, 0.3) is 0 Å². The molecule has 0 bridgehead atoms. The summed E-state index contributed by atoms with van der Waals surface area (Å²) in [5, 5.41) is 0. The van der Waals surface area contributed by atoms with Gasteiger partial charge in [-0.3, -0.25) is 4.98 Å². The predicted molar refractivity (Wildman–Crippen MR) is 60.6 cm³/mol. The van der Waals surface area contributed by atoms with Crippen LogP contribution in [0.5, 0.6) is 0 Å². The van der Waals surface area contributed by atoms with Crippen molar-refractivity contribution in [3.05, 3.63) is 24.3 Å². The molecule has 1 atom stereocenters. The van der Waals surface area contributed by atoms with E-state index < -0.39 is 0 Å². The molecule has 0 fully saturated rings. The van der Waals surface area contributed by atoms with Crippen molar-refractivity contribution in [3.63, 3.8) is 0 Å². The van der Waals surface area contributed by atoms with Crippen LogP contribution in [0.3, 0.4) is 0 Å². The van der Waals surface area contributed by atoms with Crippen LogP contribution in [-0.4, -0.2) is 21.5 Å². The highest BCUT2D eigenvalue weighted by Crippen LogP contribution is 2.20. The molecule has 4 nitrogen and oxygen atoms in total. The number of nitrogens with zero attached hydrogens (tertiary/aromatic N) is 2. The number of H-pyrrole nitrogens is 1. The number of hydrogen-bond acceptors (Lipinski definition) is 3. The van der Waals surface area contributed by atoms with Gasteiger partial charge in [0, 0.05) is 12.1 Å². The summed E-state index contributed by atoms with van der Waals surface area (Å²) in [6.45, 7) is 2.91. The number of fused-ring (bicyclic) bond motifs is 1. The second-order valence-corrected chi connectivity index (χ2v) is 3.85. The molecule has 0 spiro atoms. The Morgan fingerprint density at radius 2 is 2.40 bits per heavy atom. The average Bonchev–Trinajstić information content (AvgIpc) is 2.69. The molecule has 0 saturated heterocycles. The highest BCUT2D eigenvalue weighted by atomic mass is 14.9. The van der Waals surface area contributed by atoms with Crippen LogP contribution in [0.1, 0.15) is 31.5 Å². The van der Waals surface area contributed by atoms with Crippen molar-refractivity contribution in [1.82, 2.24) is 15.0 Å². The van der Waals surface area contributed by atoms with E-state index >= 15 is 0 Å². The molecule has 15 heavy (non-hydrogen) atoms. The molecule has 0 aliphatic heterocycles. The van der Waals surface area contributed by atoms with Gasteiger partial charge in [-0.05, 0) is 25.5 Å². The van der Waals surface area contributed by atoms with Crippen molar-refractivity contribution in [2.75, 3.05) is 6.54 Å². The summed E-state index contributed by atoms with van der Waals surface area (Å²) in [6.07, 6.45) is 5.68. The lowest BCUT2D eigenvalue weighted by Crippen LogP contribution is -2.02. The average molecular weight is 204 g/mol. The molecule has 0 aromatic carbocycles. The number of rotatable bonds is 4. The SMILES string of the molecule is CC(CCCN)c1nc2ccncc2[nH]1. The molecule has 0 aliphatic carbocycles. The normalized spacial score (nSPS) is 13.2. The maximum atomic E-state index is 5.49. The van der Waals surface area contributed by atoms with Crippen LogP contribution in [0.25, 0.3) is 11.0 Å². The molecular weight excluding hydrogens is 188 g/mol. The van der Waals surface area contributed by atoms with Gasteiger partial charge in [0.05, 0.1) is 17.2 Å². The van der Waals surface area contributed by atoms with E-state index in [0.717, 1.165) is 36.2 Å². The molecule has 0 amide bonds. The van der Waals surface area contributed by atoms with Crippen LogP contribution in [0, 0.1) is 0 Å². The first-order chi connectivity index (χ1) is 7.31. The first-order valence-electron chi connectivity index (χ1n) is 5.31. The Balaban J connectivity index is 2.20. The fourth-order valence-corrected chi connectivity index (χ4v) is 1.67. The van der Waals surface area contributed by atoms with Crippen molar-refractivity contribution in [3.8, 4) is 0 Å². The van der Waals surface area contributed by atoms with Crippen LogP contribution < -0.4 is 5.73 Å². The Bertz CT molecular complexity index is 402. The summed E-state index contributed by atoms with van der Waals surface area (Å²) in [6, 6.07) is 1.92. The molecule has 1 unspecified atom stereocenters. The third-order valence-electron chi connectivity index (χ3n) is 2.61. The molecule has 0 saturated carbocycles.